The van der Waals surface area contributed by atoms with Crippen molar-refractivity contribution in [3.8, 4) is 0 Å². The van der Waals surface area contributed by atoms with Crippen LogP contribution in [0.2, 0.25) is 0 Å². The summed E-state index contributed by atoms with van der Waals surface area (Å²) in [4.78, 5) is 32.0. The Kier molecular flexibility index (Phi) is 3.11. The maximum absolute atomic E-state index is 13.4. The van der Waals surface area contributed by atoms with Crippen LogP contribution in [-0.4, -0.2) is 29.7 Å². The Balaban J connectivity index is 1.82. The molecule has 3 aliphatic rings. The van der Waals surface area contributed by atoms with Crippen LogP contribution in [0.25, 0.3) is 0 Å². The zero-order valence-electron chi connectivity index (χ0n) is 14.4. The van der Waals surface area contributed by atoms with Crippen LogP contribution in [0.3, 0.4) is 0 Å². The molecular formula is C21H18N2O3. The van der Waals surface area contributed by atoms with Crippen molar-refractivity contribution in [2.24, 2.45) is 10.9 Å². The van der Waals surface area contributed by atoms with Crippen LogP contribution in [0.15, 0.2) is 53.5 Å². The van der Waals surface area contributed by atoms with Crippen molar-refractivity contribution in [2.75, 3.05) is 7.05 Å². The zero-order chi connectivity index (χ0) is 17.9. The van der Waals surface area contributed by atoms with Gasteiger partial charge in [-0.2, -0.15) is 0 Å². The van der Waals surface area contributed by atoms with Crippen LogP contribution in [-0.2, 0) is 15.1 Å². The molecule has 2 aromatic carbocycles. The second-order valence-electron chi connectivity index (χ2n) is 7.09. The molecule has 0 bridgehead atoms. The lowest BCUT2D eigenvalue weighted by molar-refractivity contribution is -0.144. The van der Waals surface area contributed by atoms with Gasteiger partial charge in [-0.25, -0.2) is 4.99 Å². The minimum absolute atomic E-state index is 0.239. The summed E-state index contributed by atoms with van der Waals surface area (Å²) in [5.74, 6) is 0.189. The Hall–Kier alpha value is -2.95. The number of benzene rings is 2. The van der Waals surface area contributed by atoms with Gasteiger partial charge in [0.05, 0.1) is 5.69 Å². The predicted molar refractivity (Wildman–Crippen MR) is 96.3 cm³/mol. The van der Waals surface area contributed by atoms with Gasteiger partial charge in [-0.3, -0.25) is 14.5 Å². The molecule has 1 unspecified atom stereocenters. The van der Waals surface area contributed by atoms with Crippen LogP contribution in [0.5, 0.6) is 0 Å². The Bertz CT molecular complexity index is 977. The minimum atomic E-state index is -1.34. The first kappa shape index (κ1) is 15.3. The molecule has 2 aromatic rings. The van der Waals surface area contributed by atoms with E-state index in [0.717, 1.165) is 24.9 Å². The summed E-state index contributed by atoms with van der Waals surface area (Å²) in [5, 5.41) is 0. The summed E-state index contributed by atoms with van der Waals surface area (Å²) < 4.78 is 6.41. The maximum atomic E-state index is 13.4. The van der Waals surface area contributed by atoms with Crippen LogP contribution in [0, 0.1) is 5.92 Å². The molecule has 1 spiro atoms. The lowest BCUT2D eigenvalue weighted by Crippen LogP contribution is -2.57. The molecular weight excluding hydrogens is 328 g/mol. The number of likely N-dealkylation sites (N-methyl/N-ethyl adjacent to an activating group) is 1. The van der Waals surface area contributed by atoms with Gasteiger partial charge in [0, 0.05) is 29.7 Å². The number of para-hydroxylation sites is 1. The van der Waals surface area contributed by atoms with E-state index in [0.29, 0.717) is 22.6 Å². The highest BCUT2D eigenvalue weighted by Crippen LogP contribution is 2.49. The highest BCUT2D eigenvalue weighted by molar-refractivity contribution is 6.15. The van der Waals surface area contributed by atoms with Crippen molar-refractivity contribution in [3.63, 3.8) is 0 Å². The van der Waals surface area contributed by atoms with Crippen molar-refractivity contribution >= 4 is 23.4 Å². The van der Waals surface area contributed by atoms with E-state index >= 15 is 0 Å². The number of hydrogen-bond acceptors (Lipinski definition) is 4. The fraction of sp³-hybridized carbons (Fsp3) is 0.286. The number of aliphatic imine (C=N–C) groups is 1. The summed E-state index contributed by atoms with van der Waals surface area (Å²) in [6.07, 6.45) is 3.17. The van der Waals surface area contributed by atoms with Crippen molar-refractivity contribution in [1.82, 2.24) is 4.90 Å². The summed E-state index contributed by atoms with van der Waals surface area (Å²) in [6, 6.07) is 14.8. The Morgan fingerprint density at radius 1 is 1.04 bits per heavy atom. The normalized spacial score (nSPS) is 24.5. The van der Waals surface area contributed by atoms with Crippen molar-refractivity contribution in [3.05, 3.63) is 65.2 Å². The molecule has 0 aromatic heterocycles. The van der Waals surface area contributed by atoms with E-state index in [9.17, 15) is 9.59 Å². The Labute approximate surface area is 151 Å². The van der Waals surface area contributed by atoms with Crippen molar-refractivity contribution < 1.29 is 14.3 Å². The number of imide groups is 1. The molecule has 1 saturated carbocycles. The van der Waals surface area contributed by atoms with Gasteiger partial charge in [0.2, 0.25) is 5.60 Å². The van der Waals surface area contributed by atoms with E-state index in [2.05, 4.69) is 0 Å². The highest BCUT2D eigenvalue weighted by atomic mass is 16.5. The lowest BCUT2D eigenvalue weighted by Gasteiger charge is -2.44. The van der Waals surface area contributed by atoms with E-state index in [1.165, 1.54) is 11.9 Å². The number of rotatable bonds is 1. The zero-order valence-corrected chi connectivity index (χ0v) is 14.4. The number of carbonyl (C=O) groups is 2. The van der Waals surface area contributed by atoms with Gasteiger partial charge in [-0.15, -0.1) is 0 Å². The van der Waals surface area contributed by atoms with E-state index < -0.39 is 5.60 Å². The summed E-state index contributed by atoms with van der Waals surface area (Å²) in [6.45, 7) is 0. The van der Waals surface area contributed by atoms with E-state index in [1.807, 2.05) is 42.5 Å². The first-order valence-electron chi connectivity index (χ1n) is 8.92. The maximum Gasteiger partial charge on any atom is 0.283 e. The van der Waals surface area contributed by atoms with E-state index in [-0.39, 0.29) is 17.7 Å². The molecule has 5 nitrogen and oxygen atoms in total. The fourth-order valence-corrected chi connectivity index (χ4v) is 4.01. The first-order chi connectivity index (χ1) is 12.6. The van der Waals surface area contributed by atoms with Gasteiger partial charge in [-0.05, 0) is 25.0 Å². The lowest BCUT2D eigenvalue weighted by atomic mass is 9.77. The largest absolute Gasteiger partial charge is 0.454 e. The molecule has 2 heterocycles. The molecule has 2 amide bonds. The Morgan fingerprint density at radius 2 is 1.73 bits per heavy atom. The summed E-state index contributed by atoms with van der Waals surface area (Å²) in [5.41, 5.74) is 1.20. The summed E-state index contributed by atoms with van der Waals surface area (Å²) >= 11 is 0. The van der Waals surface area contributed by atoms with Gasteiger partial charge >= 0.3 is 0 Å². The smallest absolute Gasteiger partial charge is 0.283 e. The molecule has 5 rings (SSSR count). The summed E-state index contributed by atoms with van der Waals surface area (Å²) in [7, 11) is 1.52. The molecule has 0 radical (unpaired) electrons. The van der Waals surface area contributed by atoms with Gasteiger partial charge in [0.1, 0.15) is 0 Å². The highest BCUT2D eigenvalue weighted by Gasteiger charge is 2.56. The van der Waals surface area contributed by atoms with E-state index in [1.54, 1.807) is 6.07 Å². The van der Waals surface area contributed by atoms with Crippen molar-refractivity contribution in [1.29, 1.82) is 0 Å². The molecule has 5 heteroatoms. The average molecular weight is 346 g/mol. The van der Waals surface area contributed by atoms with Gasteiger partial charge in [0.25, 0.3) is 11.8 Å². The van der Waals surface area contributed by atoms with Crippen LogP contribution >= 0.6 is 0 Å². The SMILES string of the molecule is CN1C(=O)c2ccccc2C2(OC(C3CCC3)=Nc3ccccc32)C1=O. The molecule has 130 valence electrons. The topological polar surface area (TPSA) is 59.0 Å². The Morgan fingerprint density at radius 3 is 2.46 bits per heavy atom. The number of nitrogens with zero attached hydrogens (tertiary/aromatic N) is 2. The van der Waals surface area contributed by atoms with Gasteiger partial charge in [-0.1, -0.05) is 42.8 Å². The number of amides is 2. The minimum Gasteiger partial charge on any atom is -0.454 e. The molecule has 0 saturated heterocycles. The van der Waals surface area contributed by atoms with Crippen LogP contribution in [0.1, 0.15) is 40.7 Å². The third-order valence-corrected chi connectivity index (χ3v) is 5.67. The van der Waals surface area contributed by atoms with Gasteiger partial charge < -0.3 is 4.74 Å². The number of carbonyl (C=O) groups excluding carboxylic acids is 2. The third kappa shape index (κ3) is 1.83. The average Bonchev–Trinajstić information content (AvgIpc) is 2.63. The predicted octanol–water partition coefficient (Wildman–Crippen LogP) is 3.40. The van der Waals surface area contributed by atoms with Gasteiger partial charge in [0.15, 0.2) is 5.90 Å². The number of fused-ring (bicyclic) bond motifs is 4. The second kappa shape index (κ2) is 5.27. The number of ether oxygens (including phenoxy) is 1. The van der Waals surface area contributed by atoms with E-state index in [4.69, 9.17) is 9.73 Å². The molecule has 0 N–H and O–H groups in total. The monoisotopic (exact) mass is 346 g/mol. The standard InChI is InChI=1S/C21H18N2O3/c1-23-19(24)14-9-2-3-10-15(14)21(20(23)25)16-11-4-5-12-17(16)22-18(26-21)13-7-6-8-13/h2-5,9-13H,6-8H2,1H3. The molecule has 1 fully saturated rings. The quantitative estimate of drug-likeness (QED) is 0.744. The first-order valence-corrected chi connectivity index (χ1v) is 8.92. The molecule has 26 heavy (non-hydrogen) atoms. The molecule has 1 aliphatic carbocycles. The number of hydrogen-bond donors (Lipinski definition) is 0. The molecule has 2 aliphatic heterocycles. The van der Waals surface area contributed by atoms with Crippen LogP contribution in [0.4, 0.5) is 5.69 Å². The van der Waals surface area contributed by atoms with Crippen LogP contribution < -0.4 is 0 Å². The second-order valence-corrected chi connectivity index (χ2v) is 7.09. The molecule has 1 atom stereocenters. The van der Waals surface area contributed by atoms with Crippen molar-refractivity contribution in [2.45, 2.75) is 24.9 Å². The fourth-order valence-electron chi connectivity index (χ4n) is 4.01. The third-order valence-electron chi connectivity index (χ3n) is 5.67.